The summed E-state index contributed by atoms with van der Waals surface area (Å²) >= 11 is 0. The van der Waals surface area contributed by atoms with Crippen LogP contribution in [0.25, 0.3) is 0 Å². The maximum Gasteiger partial charge on any atom is 0.326 e. The fraction of sp³-hybridized carbons (Fsp3) is 0.625. The average molecular weight is 996 g/mol. The summed E-state index contributed by atoms with van der Waals surface area (Å²) in [6.45, 7) is 13.7. The third-order valence-electron chi connectivity index (χ3n) is 12.7. The number of nitrogens with zero attached hydrogens (tertiary/aromatic N) is 3. The van der Waals surface area contributed by atoms with Gasteiger partial charge in [-0.2, -0.15) is 0 Å². The van der Waals surface area contributed by atoms with Crippen molar-refractivity contribution in [3.05, 3.63) is 48.0 Å². The van der Waals surface area contributed by atoms with Gasteiger partial charge in [0.1, 0.15) is 48.0 Å². The number of aromatic nitrogens is 2. The summed E-state index contributed by atoms with van der Waals surface area (Å²) in [6, 6.07) is -2.57. The number of carbonyl (C=O) groups is 8. The molecule has 1 fully saturated rings. The number of imidazole rings is 1. The molecule has 71 heavy (non-hydrogen) atoms. The van der Waals surface area contributed by atoms with E-state index in [1.54, 1.807) is 39.8 Å². The predicted octanol–water partition coefficient (Wildman–Crippen LogP) is -0.186. The Labute approximate surface area is 415 Å². The second kappa shape index (κ2) is 27.6. The van der Waals surface area contributed by atoms with Crippen molar-refractivity contribution in [2.45, 2.75) is 161 Å². The summed E-state index contributed by atoms with van der Waals surface area (Å²) in [4.78, 5) is 123. The largest absolute Gasteiger partial charge is 0.508 e. The van der Waals surface area contributed by atoms with Crippen LogP contribution in [-0.2, 0) is 51.2 Å². The number of aliphatic carboxylic acids is 1. The number of hydrogen-bond donors (Lipinski definition) is 12. The molecule has 2 aromatic rings. The van der Waals surface area contributed by atoms with E-state index >= 15 is 0 Å². The second-order valence-corrected chi connectivity index (χ2v) is 19.3. The van der Waals surface area contributed by atoms with Crippen molar-refractivity contribution >= 4 is 53.3 Å². The number of carbonyl (C=O) groups excluding carboxylic acids is 7. The van der Waals surface area contributed by atoms with E-state index in [2.05, 4.69) is 46.9 Å². The number of carboxylic acid groups (broad SMARTS) is 1. The summed E-state index contributed by atoms with van der Waals surface area (Å²) in [6.07, 6.45) is 5.34. The van der Waals surface area contributed by atoms with Gasteiger partial charge in [0.25, 0.3) is 0 Å². The third-order valence-corrected chi connectivity index (χ3v) is 12.7. The normalized spacial score (nSPS) is 17.2. The highest BCUT2D eigenvalue weighted by molar-refractivity contribution is 5.98. The molecule has 1 aromatic heterocycles. The standard InChI is InChI=1S/C48H77N13O10/c1-9-27(5)37(43(67)56-34(23-30-24-52-25-54-30)44(68)61-21-12-11-15-35(61)41(65)60-38(45(69)70)28(6)10-2)59-40(64)33(22-29-16-18-31(62)19-17-29)55-42(66)36(26(3)4)58-39(63)32(14-13-20-53-47(49)50)57-46(71)48(7,8)51/h16-19,24-28,32-38,62H,9-15,20-23,51H2,1-8H3,(H,52,54)(H,55,66)(H,56,67)(H,57,71)(H,58,63)(H,59,64)(H,60,65)(H,69,70)(H4,49,50,53)/t27-,28-,32-,33-,34-,35-,36-,37-,38-/m0/s1. The first kappa shape index (κ1) is 58.5. The summed E-state index contributed by atoms with van der Waals surface area (Å²) < 4.78 is 0. The molecule has 7 amide bonds. The Hall–Kier alpha value is -6.78. The lowest BCUT2D eigenvalue weighted by atomic mass is 9.95. The molecule has 0 unspecified atom stereocenters. The smallest absolute Gasteiger partial charge is 0.326 e. The maximum absolute atomic E-state index is 14.6. The van der Waals surface area contributed by atoms with Gasteiger partial charge in [-0.15, -0.1) is 0 Å². The number of phenolic OH excluding ortho intramolecular Hbond substituents is 1. The van der Waals surface area contributed by atoms with Crippen molar-refractivity contribution in [3.8, 4) is 5.75 Å². The molecule has 0 radical (unpaired) electrons. The van der Waals surface area contributed by atoms with Crippen molar-refractivity contribution in [2.75, 3.05) is 13.1 Å². The number of amides is 7. The molecule has 3 rings (SSSR count). The SMILES string of the molecule is CC[C@H](C)[C@H](NC(=O)[C@@H]1CCCCN1C(=O)[C@H](Cc1cnc[nH]1)NC(=O)[C@@H](NC(=O)[C@H](Cc1ccc(O)cc1)NC(=O)[C@@H](NC(=O)[C@H](CCCN=C(N)N)NC(=O)C(C)(C)N)C(C)C)[C@@H](C)CC)C(=O)O. The van der Waals surface area contributed by atoms with Crippen molar-refractivity contribution in [3.63, 3.8) is 0 Å². The molecule has 394 valence electrons. The maximum atomic E-state index is 14.6. The Balaban J connectivity index is 1.95. The summed E-state index contributed by atoms with van der Waals surface area (Å²) in [5.74, 6) is -7.69. The van der Waals surface area contributed by atoms with Gasteiger partial charge in [0.15, 0.2) is 5.96 Å². The molecule has 15 N–H and O–H groups in total. The molecule has 1 saturated heterocycles. The van der Waals surface area contributed by atoms with Crippen LogP contribution in [0.4, 0.5) is 0 Å². The molecule has 23 heteroatoms. The van der Waals surface area contributed by atoms with Crippen molar-refractivity contribution < 1.29 is 48.6 Å². The number of nitrogens with one attached hydrogen (secondary N) is 7. The first-order chi connectivity index (χ1) is 33.4. The van der Waals surface area contributed by atoms with Crippen LogP contribution in [0.3, 0.4) is 0 Å². The Morgan fingerprint density at radius 1 is 0.789 bits per heavy atom. The van der Waals surface area contributed by atoms with Crippen LogP contribution in [0.2, 0.25) is 0 Å². The number of guanidine groups is 1. The second-order valence-electron chi connectivity index (χ2n) is 19.3. The number of hydrogen-bond acceptors (Lipinski definition) is 12. The van der Waals surface area contributed by atoms with E-state index in [0.717, 1.165) is 0 Å². The zero-order valence-electron chi connectivity index (χ0n) is 42.2. The Morgan fingerprint density at radius 2 is 1.38 bits per heavy atom. The number of H-pyrrole nitrogens is 1. The summed E-state index contributed by atoms with van der Waals surface area (Å²) in [5.41, 5.74) is 16.6. The minimum absolute atomic E-state index is 0.0425. The number of rotatable bonds is 27. The number of carboxylic acids is 1. The van der Waals surface area contributed by atoms with Gasteiger partial charge in [-0.3, -0.25) is 38.6 Å². The van der Waals surface area contributed by atoms with Gasteiger partial charge in [0, 0.05) is 37.8 Å². The van der Waals surface area contributed by atoms with Crippen LogP contribution in [0.1, 0.15) is 112 Å². The Morgan fingerprint density at radius 3 is 1.94 bits per heavy atom. The number of aromatic hydroxyl groups is 1. The van der Waals surface area contributed by atoms with E-state index < -0.39 is 113 Å². The fourth-order valence-corrected chi connectivity index (χ4v) is 7.88. The van der Waals surface area contributed by atoms with Gasteiger partial charge >= 0.3 is 5.97 Å². The Bertz CT molecular complexity index is 2140. The molecule has 0 saturated carbocycles. The van der Waals surface area contributed by atoms with E-state index in [1.165, 1.54) is 43.4 Å². The van der Waals surface area contributed by atoms with E-state index in [4.69, 9.17) is 17.2 Å². The van der Waals surface area contributed by atoms with Crippen LogP contribution in [-0.4, -0.2) is 139 Å². The topological polar surface area (TPSA) is 372 Å². The third kappa shape index (κ3) is 18.2. The highest BCUT2D eigenvalue weighted by atomic mass is 16.4. The lowest BCUT2D eigenvalue weighted by Gasteiger charge is -2.38. The molecule has 0 bridgehead atoms. The lowest BCUT2D eigenvalue weighted by Crippen LogP contribution is -2.63. The summed E-state index contributed by atoms with van der Waals surface area (Å²) in [5, 5.41) is 36.3. The van der Waals surface area contributed by atoms with Crippen LogP contribution in [0, 0.1) is 17.8 Å². The number of likely N-dealkylation sites (tertiary alicyclic amines) is 1. The molecule has 0 aliphatic carbocycles. The number of benzene rings is 1. The molecule has 2 heterocycles. The van der Waals surface area contributed by atoms with Gasteiger partial charge in [0.05, 0.1) is 11.9 Å². The molecular formula is C48H77N13O10. The highest BCUT2D eigenvalue weighted by Crippen LogP contribution is 2.22. The van der Waals surface area contributed by atoms with Crippen LogP contribution in [0.15, 0.2) is 41.8 Å². The lowest BCUT2D eigenvalue weighted by molar-refractivity contribution is -0.148. The van der Waals surface area contributed by atoms with Gasteiger partial charge in [-0.1, -0.05) is 66.5 Å². The Kier molecular flexibility index (Phi) is 22.7. The number of aromatic amines is 1. The van der Waals surface area contributed by atoms with E-state index in [0.29, 0.717) is 36.9 Å². The van der Waals surface area contributed by atoms with E-state index in [1.807, 2.05) is 13.8 Å². The molecular weight excluding hydrogens is 919 g/mol. The molecule has 1 aliphatic rings. The van der Waals surface area contributed by atoms with Gasteiger partial charge in [0.2, 0.25) is 41.4 Å². The van der Waals surface area contributed by atoms with Crippen molar-refractivity contribution in [2.24, 2.45) is 39.9 Å². The van der Waals surface area contributed by atoms with E-state index in [-0.39, 0.29) is 56.9 Å². The summed E-state index contributed by atoms with van der Waals surface area (Å²) in [7, 11) is 0. The van der Waals surface area contributed by atoms with Crippen molar-refractivity contribution in [1.82, 2.24) is 46.8 Å². The number of phenols is 1. The predicted molar refractivity (Wildman–Crippen MR) is 265 cm³/mol. The van der Waals surface area contributed by atoms with Crippen LogP contribution in [0.5, 0.6) is 5.75 Å². The monoisotopic (exact) mass is 996 g/mol. The fourth-order valence-electron chi connectivity index (χ4n) is 7.88. The molecule has 0 spiro atoms. The van der Waals surface area contributed by atoms with Crippen molar-refractivity contribution in [1.29, 1.82) is 0 Å². The van der Waals surface area contributed by atoms with Crippen LogP contribution < -0.4 is 49.1 Å². The first-order valence-corrected chi connectivity index (χ1v) is 24.3. The molecule has 1 aliphatic heterocycles. The zero-order valence-corrected chi connectivity index (χ0v) is 42.2. The molecule has 9 atom stereocenters. The number of nitrogens with two attached hydrogens (primary N) is 3. The van der Waals surface area contributed by atoms with Gasteiger partial charge < -0.3 is 69.2 Å². The number of piperidine rings is 1. The minimum atomic E-state index is -1.36. The zero-order chi connectivity index (χ0) is 53.2. The molecule has 1 aromatic carbocycles. The first-order valence-electron chi connectivity index (χ1n) is 24.3. The average Bonchev–Trinajstić information content (AvgIpc) is 3.84. The minimum Gasteiger partial charge on any atom is -0.508 e. The van der Waals surface area contributed by atoms with Gasteiger partial charge in [-0.25, -0.2) is 9.78 Å². The number of aliphatic imine (C=N–C) groups is 1. The van der Waals surface area contributed by atoms with E-state index in [9.17, 15) is 48.6 Å². The van der Waals surface area contributed by atoms with Gasteiger partial charge in [-0.05, 0) is 81.4 Å². The van der Waals surface area contributed by atoms with Crippen LogP contribution >= 0.6 is 0 Å². The molecule has 23 nitrogen and oxygen atoms in total. The highest BCUT2D eigenvalue weighted by Gasteiger charge is 2.40. The quantitative estimate of drug-likeness (QED) is 0.0314.